The Kier molecular flexibility index (Phi) is 5.26. The van der Waals surface area contributed by atoms with Crippen LogP contribution < -0.4 is 0 Å². The van der Waals surface area contributed by atoms with Crippen molar-refractivity contribution < 1.29 is 5.11 Å². The van der Waals surface area contributed by atoms with Gasteiger partial charge in [0.25, 0.3) is 0 Å². The van der Waals surface area contributed by atoms with Gasteiger partial charge >= 0.3 is 0 Å². The highest BCUT2D eigenvalue weighted by atomic mass is 16.3. The SMILES string of the molecule is CCCCCC1=C(CO)C2=CC3=NC(=CC4=NC(=CC5=NC(=CC1=N2)C=C5)C=C4)C=C3. The van der Waals surface area contributed by atoms with Gasteiger partial charge in [0, 0.05) is 5.57 Å². The Morgan fingerprint density at radius 1 is 0.645 bits per heavy atom. The highest BCUT2D eigenvalue weighted by molar-refractivity contribution is 6.16. The second-order valence-electron chi connectivity index (χ2n) is 7.92. The minimum Gasteiger partial charge on any atom is -0.392 e. The van der Waals surface area contributed by atoms with Crippen LogP contribution in [0.1, 0.15) is 32.6 Å². The molecule has 0 spiro atoms. The normalized spacial score (nSPS) is 21.0. The van der Waals surface area contributed by atoms with Crippen molar-refractivity contribution in [2.45, 2.75) is 32.6 Å². The molecule has 5 heterocycles. The predicted octanol–water partition coefficient (Wildman–Crippen LogP) is 4.89. The van der Waals surface area contributed by atoms with E-state index in [-0.39, 0.29) is 6.61 Å². The Balaban J connectivity index is 1.62. The van der Waals surface area contributed by atoms with Gasteiger partial charge in [-0.1, -0.05) is 19.8 Å². The molecule has 5 nitrogen and oxygen atoms in total. The summed E-state index contributed by atoms with van der Waals surface area (Å²) in [6.45, 7) is 2.16. The van der Waals surface area contributed by atoms with Gasteiger partial charge in [-0.3, -0.25) is 0 Å². The lowest BCUT2D eigenvalue weighted by Gasteiger charge is -2.07. The maximum absolute atomic E-state index is 10.2. The Morgan fingerprint density at radius 2 is 1.23 bits per heavy atom. The number of allylic oxidation sites excluding steroid dienone is 11. The summed E-state index contributed by atoms with van der Waals surface area (Å²) < 4.78 is 0. The van der Waals surface area contributed by atoms with E-state index < -0.39 is 0 Å². The number of aliphatic imine (C=N–C) groups is 4. The molecule has 0 atom stereocenters. The number of aliphatic hydroxyl groups is 1. The fourth-order valence-electron chi connectivity index (χ4n) is 4.07. The summed E-state index contributed by atoms with van der Waals surface area (Å²) in [7, 11) is 0. The summed E-state index contributed by atoms with van der Waals surface area (Å²) in [6.07, 6.45) is 24.1. The summed E-state index contributed by atoms with van der Waals surface area (Å²) in [5.41, 5.74) is 8.80. The maximum Gasteiger partial charge on any atom is 0.0717 e. The highest BCUT2D eigenvalue weighted by Crippen LogP contribution is 2.31. The molecule has 5 aliphatic heterocycles. The highest BCUT2D eigenvalue weighted by Gasteiger charge is 2.23. The van der Waals surface area contributed by atoms with Crippen LogP contribution in [0, 0.1) is 0 Å². The lowest BCUT2D eigenvalue weighted by Crippen LogP contribution is -2.02. The van der Waals surface area contributed by atoms with Crippen molar-refractivity contribution in [1.29, 1.82) is 0 Å². The molecule has 0 aliphatic carbocycles. The number of hydrogen-bond donors (Lipinski definition) is 1. The number of rotatable bonds is 5. The molecule has 0 aromatic carbocycles. The van der Waals surface area contributed by atoms with E-state index in [1.54, 1.807) is 0 Å². The summed E-state index contributed by atoms with van der Waals surface area (Å²) in [5.74, 6) is 0. The van der Waals surface area contributed by atoms with Crippen LogP contribution in [0.5, 0.6) is 0 Å². The van der Waals surface area contributed by atoms with Crippen LogP contribution in [0.4, 0.5) is 0 Å². The van der Waals surface area contributed by atoms with Crippen LogP contribution in [-0.4, -0.2) is 34.6 Å². The first-order chi connectivity index (χ1) is 15.2. The van der Waals surface area contributed by atoms with Crippen molar-refractivity contribution in [2.75, 3.05) is 6.61 Å². The van der Waals surface area contributed by atoms with Crippen molar-refractivity contribution in [2.24, 2.45) is 20.0 Å². The van der Waals surface area contributed by atoms with Crippen LogP contribution in [-0.2, 0) is 0 Å². The van der Waals surface area contributed by atoms with Gasteiger partial charge in [0.15, 0.2) is 0 Å². The summed E-state index contributed by atoms with van der Waals surface area (Å²) in [4.78, 5) is 18.9. The molecular formula is C26H24N4O. The molecule has 0 amide bonds. The standard InChI is InChI=1S/C26H24N4O/c1-2-3-4-5-23-24(16-31)26-15-22-11-9-20(29-22)13-18-7-6-17(27-18)12-19-8-10-21(28-19)14-25(23)30-26/h6-15,31H,2-5,16H2,1H3. The topological polar surface area (TPSA) is 69.7 Å². The average molecular weight is 409 g/mol. The smallest absolute Gasteiger partial charge is 0.0717 e. The third-order valence-electron chi connectivity index (χ3n) is 5.62. The third-order valence-corrected chi connectivity index (χ3v) is 5.62. The molecule has 0 aromatic heterocycles. The molecule has 5 aliphatic rings. The van der Waals surface area contributed by atoms with E-state index in [1.807, 2.05) is 60.8 Å². The number of fused-ring (bicyclic) bond motifs is 4. The molecule has 5 rings (SSSR count). The molecule has 1 N–H and O–H groups in total. The lowest BCUT2D eigenvalue weighted by molar-refractivity contribution is 0.332. The van der Waals surface area contributed by atoms with E-state index in [0.717, 1.165) is 82.5 Å². The first kappa shape index (κ1) is 19.5. The molecule has 0 saturated carbocycles. The van der Waals surface area contributed by atoms with Crippen molar-refractivity contribution in [1.82, 2.24) is 0 Å². The van der Waals surface area contributed by atoms with Crippen molar-refractivity contribution in [3.8, 4) is 0 Å². The molecule has 0 fully saturated rings. The Morgan fingerprint density at radius 3 is 1.81 bits per heavy atom. The van der Waals surface area contributed by atoms with Gasteiger partial charge in [0.1, 0.15) is 0 Å². The van der Waals surface area contributed by atoms with Gasteiger partial charge in [0.2, 0.25) is 0 Å². The zero-order valence-electron chi connectivity index (χ0n) is 17.5. The summed E-state index contributed by atoms with van der Waals surface area (Å²) in [5, 5.41) is 10.2. The Labute approximate surface area is 182 Å². The minimum absolute atomic E-state index is 0.0405. The number of hydrogen-bond acceptors (Lipinski definition) is 5. The van der Waals surface area contributed by atoms with Crippen molar-refractivity contribution >= 4 is 22.8 Å². The molecule has 0 radical (unpaired) electrons. The van der Waals surface area contributed by atoms with Crippen LogP contribution in [0.25, 0.3) is 0 Å². The minimum atomic E-state index is -0.0405. The first-order valence-electron chi connectivity index (χ1n) is 10.8. The van der Waals surface area contributed by atoms with Gasteiger partial charge in [-0.25, -0.2) is 20.0 Å². The van der Waals surface area contributed by atoms with Crippen LogP contribution >= 0.6 is 0 Å². The monoisotopic (exact) mass is 408 g/mol. The maximum atomic E-state index is 10.2. The zero-order chi connectivity index (χ0) is 21.2. The Hall–Kier alpha value is -3.44. The molecule has 0 unspecified atom stereocenters. The number of aliphatic hydroxyl groups excluding tert-OH is 1. The molecule has 8 bridgehead atoms. The molecule has 154 valence electrons. The number of nitrogens with zero attached hydrogens (tertiary/aromatic N) is 4. The predicted molar refractivity (Wildman–Crippen MR) is 128 cm³/mol. The van der Waals surface area contributed by atoms with Crippen LogP contribution in [0.15, 0.2) is 115 Å². The second kappa shape index (κ2) is 8.36. The molecule has 0 aromatic rings. The van der Waals surface area contributed by atoms with Gasteiger partial charge in [-0.15, -0.1) is 0 Å². The van der Waals surface area contributed by atoms with Crippen molar-refractivity contribution in [3.05, 3.63) is 94.7 Å². The third kappa shape index (κ3) is 4.09. The van der Waals surface area contributed by atoms with Crippen molar-refractivity contribution in [3.63, 3.8) is 0 Å². The fraction of sp³-hybridized carbons (Fsp3) is 0.231. The van der Waals surface area contributed by atoms with Crippen LogP contribution in [0.3, 0.4) is 0 Å². The Bertz CT molecular complexity index is 1200. The van der Waals surface area contributed by atoms with E-state index in [9.17, 15) is 5.11 Å². The molecule has 0 saturated heterocycles. The summed E-state index contributed by atoms with van der Waals surface area (Å²) in [6, 6.07) is 0. The second-order valence-corrected chi connectivity index (χ2v) is 7.92. The van der Waals surface area contributed by atoms with Gasteiger partial charge in [0.05, 0.1) is 52.2 Å². The van der Waals surface area contributed by atoms with Gasteiger partial charge in [-0.05, 0) is 79.2 Å². The average Bonchev–Trinajstić information content (AvgIpc) is 3.53. The largest absolute Gasteiger partial charge is 0.392 e. The first-order valence-corrected chi connectivity index (χ1v) is 10.8. The number of unbranched alkanes of at least 4 members (excludes halogenated alkanes) is 2. The quantitative estimate of drug-likeness (QED) is 0.647. The van der Waals surface area contributed by atoms with Gasteiger partial charge < -0.3 is 5.11 Å². The van der Waals surface area contributed by atoms with E-state index in [0.29, 0.717) is 0 Å². The van der Waals surface area contributed by atoms with E-state index in [4.69, 9.17) is 15.0 Å². The lowest BCUT2D eigenvalue weighted by atomic mass is 9.97. The molecule has 31 heavy (non-hydrogen) atoms. The van der Waals surface area contributed by atoms with E-state index in [2.05, 4.69) is 11.9 Å². The molecule has 5 heteroatoms. The van der Waals surface area contributed by atoms with E-state index >= 15 is 0 Å². The van der Waals surface area contributed by atoms with E-state index in [1.165, 1.54) is 0 Å². The summed E-state index contributed by atoms with van der Waals surface area (Å²) >= 11 is 0. The fourth-order valence-corrected chi connectivity index (χ4v) is 4.07. The van der Waals surface area contributed by atoms with Crippen LogP contribution in [0.2, 0.25) is 0 Å². The molecular weight excluding hydrogens is 384 g/mol. The zero-order valence-corrected chi connectivity index (χ0v) is 17.5. The van der Waals surface area contributed by atoms with Gasteiger partial charge in [-0.2, -0.15) is 0 Å².